The van der Waals surface area contributed by atoms with Crippen molar-refractivity contribution in [2.24, 2.45) is 0 Å². The van der Waals surface area contributed by atoms with E-state index in [0.29, 0.717) is 0 Å². The first-order valence-electron chi connectivity index (χ1n) is 6.54. The molecule has 1 aromatic heterocycles. The number of likely N-dealkylation sites (N-methyl/N-ethyl adjacent to an activating group) is 1. The molecule has 1 heterocycles. The summed E-state index contributed by atoms with van der Waals surface area (Å²) in [5.74, 6) is -0.529. The Kier molecular flexibility index (Phi) is 4.77. The van der Waals surface area contributed by atoms with E-state index in [1.807, 2.05) is 32.0 Å². The van der Waals surface area contributed by atoms with E-state index < -0.39 is 5.97 Å². The third-order valence-electron chi connectivity index (χ3n) is 3.16. The summed E-state index contributed by atoms with van der Waals surface area (Å²) in [6.07, 6.45) is 0. The largest absolute Gasteiger partial charge is 0.480 e. The second-order valence-electron chi connectivity index (χ2n) is 4.85. The number of rotatable bonds is 5. The van der Waals surface area contributed by atoms with Crippen LogP contribution in [-0.2, 0) is 4.79 Å². The summed E-state index contributed by atoms with van der Waals surface area (Å²) in [6, 6.07) is 5.83. The highest BCUT2D eigenvalue weighted by atomic mass is 35.5. The molecule has 2 rings (SSSR count). The Morgan fingerprint density at radius 1 is 1.32 bits per heavy atom. The number of nitrogens with zero attached hydrogens (tertiary/aromatic N) is 4. The number of hydrogen-bond acceptors (Lipinski definition) is 6. The molecular weight excluding hydrogens is 306 g/mol. The minimum atomic E-state index is -0.983. The molecule has 0 unspecified atom stereocenters. The van der Waals surface area contributed by atoms with Crippen LogP contribution in [0.5, 0.6) is 0 Å². The molecule has 0 amide bonds. The quantitative estimate of drug-likeness (QED) is 0.873. The van der Waals surface area contributed by atoms with Crippen molar-refractivity contribution in [1.82, 2.24) is 15.0 Å². The summed E-state index contributed by atoms with van der Waals surface area (Å²) in [5.41, 5.74) is 3.06. The molecule has 0 atom stereocenters. The third kappa shape index (κ3) is 3.82. The first-order chi connectivity index (χ1) is 10.4. The molecule has 0 spiro atoms. The average Bonchev–Trinajstić information content (AvgIpc) is 2.42. The highest BCUT2D eigenvalue weighted by Gasteiger charge is 2.13. The van der Waals surface area contributed by atoms with Gasteiger partial charge in [-0.1, -0.05) is 12.1 Å². The highest BCUT2D eigenvalue weighted by Crippen LogP contribution is 2.22. The number of carbonyl (C=O) groups is 1. The van der Waals surface area contributed by atoms with Crippen LogP contribution in [0.1, 0.15) is 11.1 Å². The van der Waals surface area contributed by atoms with Gasteiger partial charge in [-0.3, -0.25) is 4.79 Å². The second-order valence-corrected chi connectivity index (χ2v) is 5.19. The van der Waals surface area contributed by atoms with Crippen LogP contribution < -0.4 is 10.2 Å². The normalized spacial score (nSPS) is 10.4. The van der Waals surface area contributed by atoms with Gasteiger partial charge in [0.1, 0.15) is 6.54 Å². The molecule has 7 nitrogen and oxygen atoms in total. The van der Waals surface area contributed by atoms with Crippen LogP contribution in [0, 0.1) is 13.8 Å². The zero-order chi connectivity index (χ0) is 16.3. The number of benzene rings is 1. The van der Waals surface area contributed by atoms with E-state index in [1.165, 1.54) is 4.90 Å². The van der Waals surface area contributed by atoms with Gasteiger partial charge in [-0.15, -0.1) is 0 Å². The first-order valence-corrected chi connectivity index (χ1v) is 6.92. The molecule has 0 fully saturated rings. The Morgan fingerprint density at radius 2 is 2.05 bits per heavy atom. The van der Waals surface area contributed by atoms with Gasteiger partial charge in [0, 0.05) is 12.7 Å². The minimum Gasteiger partial charge on any atom is -0.480 e. The SMILES string of the molecule is Cc1cccc(Nc2nc(Cl)nc(N(C)CC(=O)O)n2)c1C. The molecule has 2 N–H and O–H groups in total. The number of hydrogen-bond donors (Lipinski definition) is 2. The summed E-state index contributed by atoms with van der Waals surface area (Å²) < 4.78 is 0. The average molecular weight is 322 g/mol. The topological polar surface area (TPSA) is 91.2 Å². The lowest BCUT2D eigenvalue weighted by Crippen LogP contribution is -2.27. The van der Waals surface area contributed by atoms with Crippen molar-refractivity contribution in [3.05, 3.63) is 34.6 Å². The van der Waals surface area contributed by atoms with Gasteiger partial charge in [0.25, 0.3) is 0 Å². The summed E-state index contributed by atoms with van der Waals surface area (Å²) in [6.45, 7) is 3.76. The van der Waals surface area contributed by atoms with Crippen LogP contribution in [0.25, 0.3) is 0 Å². The van der Waals surface area contributed by atoms with E-state index in [2.05, 4.69) is 20.3 Å². The molecule has 0 saturated heterocycles. The number of nitrogens with one attached hydrogen (secondary N) is 1. The predicted molar refractivity (Wildman–Crippen MR) is 84.9 cm³/mol. The maximum atomic E-state index is 10.8. The summed E-state index contributed by atoms with van der Waals surface area (Å²) in [7, 11) is 1.57. The molecule has 0 aliphatic carbocycles. The standard InChI is InChI=1S/C14H16ClN5O2/c1-8-5-4-6-10(9(8)2)16-13-17-12(15)18-14(19-13)20(3)7-11(21)22/h4-6H,7H2,1-3H3,(H,21,22)(H,16,17,18,19). The van der Waals surface area contributed by atoms with Crippen molar-refractivity contribution in [2.45, 2.75) is 13.8 Å². The smallest absolute Gasteiger partial charge is 0.323 e. The Balaban J connectivity index is 2.30. The van der Waals surface area contributed by atoms with Gasteiger partial charge in [-0.05, 0) is 42.6 Å². The molecule has 0 bridgehead atoms. The van der Waals surface area contributed by atoms with Crippen molar-refractivity contribution >= 4 is 35.2 Å². The zero-order valence-corrected chi connectivity index (χ0v) is 13.2. The summed E-state index contributed by atoms with van der Waals surface area (Å²) >= 11 is 5.89. The van der Waals surface area contributed by atoms with Crippen LogP contribution in [0.3, 0.4) is 0 Å². The van der Waals surface area contributed by atoms with Crippen LogP contribution >= 0.6 is 11.6 Å². The minimum absolute atomic E-state index is 0.00459. The third-order valence-corrected chi connectivity index (χ3v) is 3.33. The Bertz CT molecular complexity index is 708. The van der Waals surface area contributed by atoms with Crippen molar-refractivity contribution in [1.29, 1.82) is 0 Å². The monoisotopic (exact) mass is 321 g/mol. The number of aromatic nitrogens is 3. The van der Waals surface area contributed by atoms with Gasteiger partial charge < -0.3 is 15.3 Å². The predicted octanol–water partition coefficient (Wildman–Crippen LogP) is 2.41. The van der Waals surface area contributed by atoms with Crippen LogP contribution in [0.15, 0.2) is 18.2 Å². The van der Waals surface area contributed by atoms with E-state index >= 15 is 0 Å². The Morgan fingerprint density at radius 3 is 2.73 bits per heavy atom. The van der Waals surface area contributed by atoms with Crippen molar-refractivity contribution in [3.63, 3.8) is 0 Å². The lowest BCUT2D eigenvalue weighted by molar-refractivity contribution is -0.135. The highest BCUT2D eigenvalue weighted by molar-refractivity contribution is 6.28. The number of anilines is 3. The van der Waals surface area contributed by atoms with Gasteiger partial charge in [0.2, 0.25) is 17.2 Å². The summed E-state index contributed by atoms with van der Waals surface area (Å²) in [4.78, 5) is 24.3. The maximum absolute atomic E-state index is 10.8. The van der Waals surface area contributed by atoms with Gasteiger partial charge in [0.05, 0.1) is 0 Å². The van der Waals surface area contributed by atoms with Crippen molar-refractivity contribution in [3.8, 4) is 0 Å². The molecule has 8 heteroatoms. The van der Waals surface area contributed by atoms with Crippen LogP contribution in [0.4, 0.5) is 17.6 Å². The lowest BCUT2D eigenvalue weighted by Gasteiger charge is -2.16. The van der Waals surface area contributed by atoms with Gasteiger partial charge in [-0.2, -0.15) is 15.0 Å². The Labute approximate surface area is 133 Å². The maximum Gasteiger partial charge on any atom is 0.323 e. The van der Waals surface area contributed by atoms with Gasteiger partial charge in [-0.25, -0.2) is 0 Å². The molecule has 0 aliphatic rings. The molecule has 0 radical (unpaired) electrons. The number of halogens is 1. The van der Waals surface area contributed by atoms with Crippen molar-refractivity contribution < 1.29 is 9.90 Å². The Hall–Kier alpha value is -2.41. The number of aryl methyl sites for hydroxylation is 1. The number of carboxylic acid groups (broad SMARTS) is 1. The first kappa shape index (κ1) is 16.0. The van der Waals surface area contributed by atoms with Gasteiger partial charge >= 0.3 is 5.97 Å². The van der Waals surface area contributed by atoms with E-state index in [0.717, 1.165) is 16.8 Å². The lowest BCUT2D eigenvalue weighted by atomic mass is 10.1. The molecule has 1 aromatic carbocycles. The zero-order valence-electron chi connectivity index (χ0n) is 12.5. The fourth-order valence-electron chi connectivity index (χ4n) is 1.85. The van der Waals surface area contributed by atoms with E-state index in [-0.39, 0.29) is 23.7 Å². The molecule has 0 saturated carbocycles. The number of carboxylic acids is 1. The molecule has 2 aromatic rings. The fourth-order valence-corrected chi connectivity index (χ4v) is 2.00. The molecule has 0 aliphatic heterocycles. The summed E-state index contributed by atoms with van der Waals surface area (Å²) in [5, 5.41) is 11.9. The molecular formula is C14H16ClN5O2. The van der Waals surface area contributed by atoms with Gasteiger partial charge in [0.15, 0.2) is 0 Å². The van der Waals surface area contributed by atoms with Crippen LogP contribution in [-0.4, -0.2) is 39.6 Å². The van der Waals surface area contributed by atoms with E-state index in [1.54, 1.807) is 7.05 Å². The van der Waals surface area contributed by atoms with Crippen LogP contribution in [0.2, 0.25) is 5.28 Å². The molecule has 22 heavy (non-hydrogen) atoms. The fraction of sp³-hybridized carbons (Fsp3) is 0.286. The molecule has 116 valence electrons. The number of aliphatic carboxylic acids is 1. The second kappa shape index (κ2) is 6.57. The van der Waals surface area contributed by atoms with E-state index in [4.69, 9.17) is 16.7 Å². The van der Waals surface area contributed by atoms with E-state index in [9.17, 15) is 4.79 Å². The van der Waals surface area contributed by atoms with Crippen molar-refractivity contribution in [2.75, 3.05) is 23.8 Å².